The average molecular weight is 509 g/mol. The number of amides is 1. The van der Waals surface area contributed by atoms with E-state index in [1.807, 2.05) is 55.1 Å². The largest absolute Gasteiger partial charge is 0.445 e. The van der Waals surface area contributed by atoms with E-state index in [4.69, 9.17) is 21.3 Å². The summed E-state index contributed by atoms with van der Waals surface area (Å²) >= 11 is 6.46. The molecule has 11 heteroatoms. The number of carbonyl (C=O) groups excluding carboxylic acids is 1. The molecule has 3 aromatic heterocycles. The van der Waals surface area contributed by atoms with Crippen molar-refractivity contribution in [1.82, 2.24) is 29.6 Å². The van der Waals surface area contributed by atoms with Gasteiger partial charge >= 0.3 is 6.09 Å². The molecule has 0 radical (unpaired) electrons. The fourth-order valence-electron chi connectivity index (χ4n) is 4.36. The van der Waals surface area contributed by atoms with Gasteiger partial charge in [-0.15, -0.1) is 0 Å². The van der Waals surface area contributed by atoms with Gasteiger partial charge in [0.1, 0.15) is 18.1 Å². The number of hydrogen-bond donors (Lipinski definition) is 3. The molecule has 2 atom stereocenters. The number of aromatic amines is 1. The van der Waals surface area contributed by atoms with Crippen molar-refractivity contribution in [1.29, 1.82) is 0 Å². The van der Waals surface area contributed by atoms with Gasteiger partial charge in [-0.3, -0.25) is 4.68 Å². The van der Waals surface area contributed by atoms with Crippen LogP contribution in [0.1, 0.15) is 32.3 Å². The zero-order valence-electron chi connectivity index (χ0n) is 20.2. The molecule has 0 unspecified atom stereocenters. The Labute approximate surface area is 214 Å². The zero-order chi connectivity index (χ0) is 25.1. The fourth-order valence-corrected chi connectivity index (χ4v) is 4.59. The molecular weight excluding hydrogens is 480 g/mol. The number of rotatable bonds is 7. The number of H-pyrrole nitrogens is 1. The van der Waals surface area contributed by atoms with Gasteiger partial charge in [0.15, 0.2) is 0 Å². The van der Waals surface area contributed by atoms with Crippen molar-refractivity contribution in [2.45, 2.75) is 51.9 Å². The van der Waals surface area contributed by atoms with E-state index in [-0.39, 0.29) is 24.8 Å². The number of benzene rings is 1. The summed E-state index contributed by atoms with van der Waals surface area (Å²) in [7, 11) is 0. The second-order valence-corrected chi connectivity index (χ2v) is 9.33. The molecule has 36 heavy (non-hydrogen) atoms. The van der Waals surface area contributed by atoms with Gasteiger partial charge < -0.3 is 25.3 Å². The molecule has 4 heterocycles. The van der Waals surface area contributed by atoms with Crippen LogP contribution >= 0.6 is 11.6 Å². The van der Waals surface area contributed by atoms with Crippen LogP contribution in [0.5, 0.6) is 0 Å². The molecule has 0 bridgehead atoms. The van der Waals surface area contributed by atoms with Crippen molar-refractivity contribution in [2.24, 2.45) is 0 Å². The number of nitrogens with one attached hydrogen (secondary N) is 3. The minimum absolute atomic E-state index is 0.0229. The number of hydrogen-bond acceptors (Lipinski definition) is 7. The summed E-state index contributed by atoms with van der Waals surface area (Å²) in [6, 6.07) is 9.74. The van der Waals surface area contributed by atoms with Crippen molar-refractivity contribution in [2.75, 3.05) is 17.2 Å². The number of fused-ring (bicyclic) bond motifs is 1. The molecule has 0 saturated carbocycles. The maximum atomic E-state index is 12.9. The Hall–Kier alpha value is -3.79. The van der Waals surface area contributed by atoms with E-state index in [1.165, 1.54) is 0 Å². The summed E-state index contributed by atoms with van der Waals surface area (Å²) in [6.45, 7) is 5.58. The lowest BCUT2D eigenvalue weighted by atomic mass is 10.00. The second kappa shape index (κ2) is 10.4. The number of nitrogens with zero attached hydrogens (tertiary/aromatic N) is 5. The van der Waals surface area contributed by atoms with Gasteiger partial charge in [-0.2, -0.15) is 15.1 Å². The van der Waals surface area contributed by atoms with E-state index in [0.29, 0.717) is 34.4 Å². The van der Waals surface area contributed by atoms with E-state index in [9.17, 15) is 4.79 Å². The zero-order valence-corrected chi connectivity index (χ0v) is 21.0. The predicted molar refractivity (Wildman–Crippen MR) is 140 cm³/mol. The van der Waals surface area contributed by atoms with E-state index >= 15 is 0 Å². The van der Waals surface area contributed by atoms with Crippen LogP contribution in [0.25, 0.3) is 11.0 Å². The van der Waals surface area contributed by atoms with Crippen molar-refractivity contribution in [3.63, 3.8) is 0 Å². The van der Waals surface area contributed by atoms with Gasteiger partial charge in [0, 0.05) is 37.6 Å². The molecule has 1 fully saturated rings. The highest BCUT2D eigenvalue weighted by Gasteiger charge is 2.31. The summed E-state index contributed by atoms with van der Waals surface area (Å²) in [4.78, 5) is 27.1. The van der Waals surface area contributed by atoms with Crippen LogP contribution in [0.15, 0.2) is 48.9 Å². The first-order chi connectivity index (χ1) is 17.5. The molecule has 0 aliphatic carbocycles. The highest BCUT2D eigenvalue weighted by Crippen LogP contribution is 2.31. The van der Waals surface area contributed by atoms with Crippen LogP contribution in [0.2, 0.25) is 5.02 Å². The van der Waals surface area contributed by atoms with Crippen LogP contribution in [0, 0.1) is 0 Å². The number of ether oxygens (including phenoxy) is 1. The van der Waals surface area contributed by atoms with Gasteiger partial charge in [-0.25, -0.2) is 4.79 Å². The van der Waals surface area contributed by atoms with E-state index < -0.39 is 0 Å². The number of piperidine rings is 1. The first-order valence-corrected chi connectivity index (χ1v) is 12.5. The Bertz CT molecular complexity index is 1340. The standard InChI is InChI=1S/C25H29ClN8O2/c1-3-33-13-19(11-28-33)30-24-31-22-21(20(26)12-27-22)23(32-24)29-18-10-9-16(2)34(14-18)25(35)36-15-17-7-5-4-6-8-17/h4-8,11-13,16,18H,3,9-10,14-15H2,1-2H3,(H3,27,29,30,31,32)/t16-,18+/m0/s1. The summed E-state index contributed by atoms with van der Waals surface area (Å²) < 4.78 is 7.42. The van der Waals surface area contributed by atoms with E-state index in [0.717, 1.165) is 30.6 Å². The smallest absolute Gasteiger partial charge is 0.410 e. The normalized spacial score (nSPS) is 17.8. The van der Waals surface area contributed by atoms with Crippen molar-refractivity contribution < 1.29 is 9.53 Å². The number of aromatic nitrogens is 5. The Morgan fingerprint density at radius 2 is 2.08 bits per heavy atom. The van der Waals surface area contributed by atoms with Crippen molar-refractivity contribution >= 4 is 46.2 Å². The Balaban J connectivity index is 1.31. The molecular formula is C25H29ClN8O2. The number of carbonyl (C=O) groups is 1. The number of anilines is 3. The first-order valence-electron chi connectivity index (χ1n) is 12.1. The highest BCUT2D eigenvalue weighted by atomic mass is 35.5. The highest BCUT2D eigenvalue weighted by molar-refractivity contribution is 6.36. The fraction of sp³-hybridized carbons (Fsp3) is 0.360. The van der Waals surface area contributed by atoms with Gasteiger partial charge in [0.2, 0.25) is 5.95 Å². The molecule has 1 amide bonds. The molecule has 5 rings (SSSR count). The minimum Gasteiger partial charge on any atom is -0.445 e. The van der Waals surface area contributed by atoms with Crippen molar-refractivity contribution in [3.05, 3.63) is 59.5 Å². The predicted octanol–water partition coefficient (Wildman–Crippen LogP) is 5.17. The quantitative estimate of drug-likeness (QED) is 0.315. The maximum absolute atomic E-state index is 12.9. The monoisotopic (exact) mass is 508 g/mol. The van der Waals surface area contributed by atoms with Gasteiger partial charge in [0.25, 0.3) is 0 Å². The number of likely N-dealkylation sites (tertiary alicyclic amines) is 1. The molecule has 10 nitrogen and oxygen atoms in total. The third-order valence-corrected chi connectivity index (χ3v) is 6.66. The van der Waals surface area contributed by atoms with Crippen LogP contribution in [0.3, 0.4) is 0 Å². The van der Waals surface area contributed by atoms with Crippen LogP contribution in [-0.2, 0) is 17.9 Å². The molecule has 4 aromatic rings. The number of halogens is 1. The summed E-state index contributed by atoms with van der Waals surface area (Å²) in [5.41, 5.74) is 2.37. The van der Waals surface area contributed by atoms with Gasteiger partial charge in [-0.1, -0.05) is 41.9 Å². The maximum Gasteiger partial charge on any atom is 0.410 e. The SMILES string of the molecule is CCn1cc(Nc2nc(N[C@@H]3CC[C@H](C)N(C(=O)OCc4ccccc4)C3)c3c(Cl)c[nH]c3n2)cn1. The summed E-state index contributed by atoms with van der Waals surface area (Å²) in [5.74, 6) is 1.02. The molecule has 0 spiro atoms. The Kier molecular flexibility index (Phi) is 6.95. The van der Waals surface area contributed by atoms with Gasteiger partial charge in [0.05, 0.1) is 22.3 Å². The van der Waals surface area contributed by atoms with Crippen LogP contribution < -0.4 is 10.6 Å². The van der Waals surface area contributed by atoms with Gasteiger partial charge in [-0.05, 0) is 32.3 Å². The third kappa shape index (κ3) is 5.23. The van der Waals surface area contributed by atoms with E-state index in [2.05, 4.69) is 25.7 Å². The lowest BCUT2D eigenvalue weighted by Crippen LogP contribution is -2.49. The van der Waals surface area contributed by atoms with Crippen LogP contribution in [0.4, 0.5) is 22.2 Å². The minimum atomic E-state index is -0.319. The molecule has 188 valence electrons. The topological polar surface area (TPSA) is 113 Å². The van der Waals surface area contributed by atoms with Crippen LogP contribution in [-0.4, -0.2) is 54.4 Å². The molecule has 3 N–H and O–H groups in total. The Morgan fingerprint density at radius 1 is 1.25 bits per heavy atom. The second-order valence-electron chi connectivity index (χ2n) is 8.93. The van der Waals surface area contributed by atoms with E-state index in [1.54, 1.807) is 17.3 Å². The van der Waals surface area contributed by atoms with Crippen molar-refractivity contribution in [3.8, 4) is 0 Å². The average Bonchev–Trinajstić information content (AvgIpc) is 3.50. The summed E-state index contributed by atoms with van der Waals surface area (Å²) in [5, 5.41) is 12.2. The summed E-state index contributed by atoms with van der Waals surface area (Å²) in [6.07, 6.45) is 6.72. The third-order valence-electron chi connectivity index (χ3n) is 6.36. The molecule has 1 aliphatic rings. The molecule has 1 aromatic carbocycles. The molecule has 1 saturated heterocycles. The first kappa shape index (κ1) is 23.9. The lowest BCUT2D eigenvalue weighted by Gasteiger charge is -2.37. The Morgan fingerprint density at radius 3 is 2.86 bits per heavy atom. The lowest BCUT2D eigenvalue weighted by molar-refractivity contribution is 0.0696. The number of aryl methyl sites for hydroxylation is 1. The molecule has 1 aliphatic heterocycles.